The zero-order valence-corrected chi connectivity index (χ0v) is 33.2. The summed E-state index contributed by atoms with van der Waals surface area (Å²) in [5.41, 5.74) is 14.6. The summed E-state index contributed by atoms with van der Waals surface area (Å²) in [5.74, 6) is 3.19. The Labute approximate surface area is 357 Å². The van der Waals surface area contributed by atoms with Gasteiger partial charge in [0.05, 0.1) is 0 Å². The molecule has 3 aromatic heterocycles. The standard InChI is InChI=1S/C56H34N4O2/c1-2-13-36(14-3-1)54-58-55(37-26-24-35(25-27-37)39-15-12-30-57-34-39)60-56(59-54)38-28-29-44-42-18-5-4-16-40(42)41-17-6-7-19-43(41)45-20-8-10-22-50(45)61-53-32-48-46-21-9-11-23-51(46)62-52(48)33-49(53)47(44)31-38/h1-34H. The first-order valence-electron chi connectivity index (χ1n) is 20.6. The van der Waals surface area contributed by atoms with E-state index in [-0.39, 0.29) is 0 Å². The summed E-state index contributed by atoms with van der Waals surface area (Å²) in [6.07, 6.45) is 3.65. The van der Waals surface area contributed by atoms with Gasteiger partial charge in [-0.25, -0.2) is 15.0 Å². The summed E-state index contributed by atoms with van der Waals surface area (Å²) >= 11 is 0. The summed E-state index contributed by atoms with van der Waals surface area (Å²) in [6.45, 7) is 0. The highest BCUT2D eigenvalue weighted by molar-refractivity contribution is 6.08. The molecule has 0 fully saturated rings. The van der Waals surface area contributed by atoms with E-state index in [2.05, 4.69) is 138 Å². The average molecular weight is 795 g/mol. The number of pyridine rings is 1. The van der Waals surface area contributed by atoms with E-state index in [1.54, 1.807) is 6.20 Å². The lowest BCUT2D eigenvalue weighted by atomic mass is 9.86. The van der Waals surface area contributed by atoms with Crippen LogP contribution < -0.4 is 4.74 Å². The van der Waals surface area contributed by atoms with Crippen molar-refractivity contribution in [3.8, 4) is 101 Å². The van der Waals surface area contributed by atoms with Gasteiger partial charge in [-0.05, 0) is 80.9 Å². The van der Waals surface area contributed by atoms with E-state index >= 15 is 0 Å². The number of nitrogens with zero attached hydrogens (tertiary/aromatic N) is 4. The number of furan rings is 1. The Hall–Kier alpha value is -8.48. The molecule has 1 aliphatic heterocycles. The maximum Gasteiger partial charge on any atom is 0.164 e. The quantitative estimate of drug-likeness (QED) is 0.177. The van der Waals surface area contributed by atoms with Crippen LogP contribution in [0, 0.1) is 0 Å². The van der Waals surface area contributed by atoms with Crippen LogP contribution in [0.25, 0.3) is 112 Å². The molecule has 6 heteroatoms. The molecular weight excluding hydrogens is 761 g/mol. The van der Waals surface area contributed by atoms with E-state index in [1.807, 2.05) is 66.9 Å². The second-order valence-corrected chi connectivity index (χ2v) is 15.4. The molecule has 11 aromatic rings. The minimum absolute atomic E-state index is 0.554. The summed E-state index contributed by atoms with van der Waals surface area (Å²) < 4.78 is 13.7. The van der Waals surface area contributed by atoms with Crippen molar-refractivity contribution in [3.05, 3.63) is 207 Å². The molecule has 290 valence electrons. The Kier molecular flexibility index (Phi) is 8.38. The fourth-order valence-corrected chi connectivity index (χ4v) is 8.69. The van der Waals surface area contributed by atoms with Gasteiger partial charge in [-0.1, -0.05) is 158 Å². The van der Waals surface area contributed by atoms with Crippen molar-refractivity contribution in [2.75, 3.05) is 0 Å². The highest BCUT2D eigenvalue weighted by Gasteiger charge is 2.24. The van der Waals surface area contributed by atoms with E-state index in [1.165, 1.54) is 0 Å². The van der Waals surface area contributed by atoms with Crippen LogP contribution in [0.3, 0.4) is 0 Å². The molecule has 1 aliphatic rings. The summed E-state index contributed by atoms with van der Waals surface area (Å²) in [5, 5.41) is 2.01. The van der Waals surface area contributed by atoms with E-state index in [9.17, 15) is 0 Å². The zero-order chi connectivity index (χ0) is 41.0. The summed E-state index contributed by atoms with van der Waals surface area (Å²) in [4.78, 5) is 19.7. The van der Waals surface area contributed by atoms with Gasteiger partial charge in [0.2, 0.25) is 0 Å². The number of rotatable bonds is 4. The molecule has 12 rings (SSSR count). The first-order valence-corrected chi connectivity index (χ1v) is 20.6. The Morgan fingerprint density at radius 2 is 0.855 bits per heavy atom. The van der Waals surface area contributed by atoms with Crippen molar-refractivity contribution in [1.29, 1.82) is 0 Å². The minimum atomic E-state index is 0.554. The Morgan fingerprint density at radius 3 is 1.56 bits per heavy atom. The van der Waals surface area contributed by atoms with Gasteiger partial charge in [-0.15, -0.1) is 0 Å². The molecule has 8 aromatic carbocycles. The van der Waals surface area contributed by atoms with Crippen molar-refractivity contribution in [3.63, 3.8) is 0 Å². The predicted molar refractivity (Wildman–Crippen MR) is 248 cm³/mol. The van der Waals surface area contributed by atoms with Crippen LogP contribution in [0.5, 0.6) is 11.5 Å². The molecule has 62 heavy (non-hydrogen) atoms. The van der Waals surface area contributed by atoms with E-state index in [4.69, 9.17) is 24.1 Å². The molecule has 4 heterocycles. The molecule has 0 saturated carbocycles. The Bertz CT molecular complexity index is 3490. The molecule has 0 saturated heterocycles. The van der Waals surface area contributed by atoms with Crippen LogP contribution in [-0.2, 0) is 0 Å². The molecule has 0 amide bonds. The highest BCUT2D eigenvalue weighted by atomic mass is 16.5. The van der Waals surface area contributed by atoms with Crippen LogP contribution in [0.1, 0.15) is 0 Å². The normalized spacial score (nSPS) is 11.7. The molecule has 0 unspecified atom stereocenters. The monoisotopic (exact) mass is 794 g/mol. The van der Waals surface area contributed by atoms with Gasteiger partial charge in [0, 0.05) is 51.0 Å². The number of aromatic nitrogens is 4. The zero-order valence-electron chi connectivity index (χ0n) is 33.2. The second-order valence-electron chi connectivity index (χ2n) is 15.4. The smallest absolute Gasteiger partial charge is 0.164 e. The largest absolute Gasteiger partial charge is 0.456 e. The summed E-state index contributed by atoms with van der Waals surface area (Å²) in [7, 11) is 0. The lowest BCUT2D eigenvalue weighted by molar-refractivity contribution is 0.487. The van der Waals surface area contributed by atoms with Crippen molar-refractivity contribution in [2.24, 2.45) is 0 Å². The maximum atomic E-state index is 7.17. The number of fused-ring (bicyclic) bond motifs is 12. The van der Waals surface area contributed by atoms with Gasteiger partial charge < -0.3 is 9.15 Å². The third-order valence-electron chi connectivity index (χ3n) is 11.7. The average Bonchev–Trinajstić information content (AvgIpc) is 3.71. The van der Waals surface area contributed by atoms with Gasteiger partial charge in [-0.2, -0.15) is 0 Å². The van der Waals surface area contributed by atoms with E-state index in [0.717, 1.165) is 100 Å². The summed E-state index contributed by atoms with van der Waals surface area (Å²) in [6, 6.07) is 66.8. The first-order chi connectivity index (χ1) is 30.7. The molecule has 0 N–H and O–H groups in total. The number of benzene rings is 8. The fourth-order valence-electron chi connectivity index (χ4n) is 8.69. The minimum Gasteiger partial charge on any atom is -0.456 e. The van der Waals surface area contributed by atoms with E-state index < -0.39 is 0 Å². The van der Waals surface area contributed by atoms with Crippen LogP contribution in [0.4, 0.5) is 0 Å². The highest BCUT2D eigenvalue weighted by Crippen LogP contribution is 2.50. The third kappa shape index (κ3) is 6.13. The number of para-hydroxylation sites is 2. The van der Waals surface area contributed by atoms with Gasteiger partial charge in [0.25, 0.3) is 0 Å². The first kappa shape index (κ1) is 35.5. The molecule has 0 atom stereocenters. The van der Waals surface area contributed by atoms with Crippen molar-refractivity contribution in [1.82, 2.24) is 19.9 Å². The van der Waals surface area contributed by atoms with E-state index in [0.29, 0.717) is 23.2 Å². The van der Waals surface area contributed by atoms with Gasteiger partial charge in [0.15, 0.2) is 17.5 Å². The van der Waals surface area contributed by atoms with Crippen molar-refractivity contribution < 1.29 is 9.15 Å². The van der Waals surface area contributed by atoms with Crippen molar-refractivity contribution >= 4 is 21.9 Å². The van der Waals surface area contributed by atoms with Crippen LogP contribution in [-0.4, -0.2) is 19.9 Å². The molecule has 0 bridgehead atoms. The predicted octanol–water partition coefficient (Wildman–Crippen LogP) is 14.6. The van der Waals surface area contributed by atoms with Gasteiger partial charge >= 0.3 is 0 Å². The molecule has 0 radical (unpaired) electrons. The van der Waals surface area contributed by atoms with Crippen LogP contribution >= 0.6 is 0 Å². The maximum absolute atomic E-state index is 7.17. The number of ether oxygens (including phenoxy) is 1. The molecular formula is C56H34N4O2. The molecule has 6 nitrogen and oxygen atoms in total. The van der Waals surface area contributed by atoms with Gasteiger partial charge in [0.1, 0.15) is 22.7 Å². The van der Waals surface area contributed by atoms with Gasteiger partial charge in [-0.3, -0.25) is 4.98 Å². The molecule has 0 spiro atoms. The SMILES string of the molecule is c1ccc(-c2nc(-c3ccc(-c4cccnc4)cc3)nc(-c3ccc4c(c3)-c3cc5oc6ccccc6c5cc3Oc3ccccc3-c3ccccc3-c3ccccc3-4)n2)cc1. The lowest BCUT2D eigenvalue weighted by Crippen LogP contribution is -2.01. The topological polar surface area (TPSA) is 73.9 Å². The number of hydrogen-bond acceptors (Lipinski definition) is 6. The Balaban J connectivity index is 1.12. The van der Waals surface area contributed by atoms with Crippen LogP contribution in [0.2, 0.25) is 0 Å². The fraction of sp³-hybridized carbons (Fsp3) is 0. The Morgan fingerprint density at radius 1 is 0.306 bits per heavy atom. The second kappa shape index (κ2) is 14.7. The van der Waals surface area contributed by atoms with Crippen LogP contribution in [0.15, 0.2) is 211 Å². The molecule has 0 aliphatic carbocycles. The lowest BCUT2D eigenvalue weighted by Gasteiger charge is -2.18. The van der Waals surface area contributed by atoms with Crippen molar-refractivity contribution in [2.45, 2.75) is 0 Å². The third-order valence-corrected chi connectivity index (χ3v) is 11.7. The number of hydrogen-bond donors (Lipinski definition) is 0.